The third-order valence-corrected chi connectivity index (χ3v) is 2.89. The second-order valence-corrected chi connectivity index (χ2v) is 4.41. The standard InChI is InChI=1S/C11H21N3O2/c1-8(12)11(16)14-6-4-3-5-10(14)7-13-9(2)15/h8,10H,3-7,12H2,1-2H3,(H,13,15)/t8-,10-/m0/s1. The van der Waals surface area contributed by atoms with E-state index in [0.717, 1.165) is 25.8 Å². The van der Waals surface area contributed by atoms with Crippen LogP contribution in [-0.4, -0.2) is 41.9 Å². The lowest BCUT2D eigenvalue weighted by atomic mass is 10.0. The number of nitrogens with zero attached hydrogens (tertiary/aromatic N) is 1. The zero-order valence-corrected chi connectivity index (χ0v) is 10.0. The molecule has 0 aliphatic carbocycles. The van der Waals surface area contributed by atoms with Gasteiger partial charge in [-0.1, -0.05) is 0 Å². The van der Waals surface area contributed by atoms with Crippen molar-refractivity contribution >= 4 is 11.8 Å². The van der Waals surface area contributed by atoms with Crippen molar-refractivity contribution in [1.82, 2.24) is 10.2 Å². The lowest BCUT2D eigenvalue weighted by Crippen LogP contribution is -2.53. The van der Waals surface area contributed by atoms with Crippen molar-refractivity contribution in [1.29, 1.82) is 0 Å². The molecule has 92 valence electrons. The van der Waals surface area contributed by atoms with Gasteiger partial charge < -0.3 is 16.0 Å². The Balaban J connectivity index is 2.56. The van der Waals surface area contributed by atoms with Gasteiger partial charge in [-0.25, -0.2) is 0 Å². The Morgan fingerprint density at radius 2 is 2.19 bits per heavy atom. The van der Waals surface area contributed by atoms with Gasteiger partial charge in [-0.2, -0.15) is 0 Å². The Kier molecular flexibility index (Phi) is 4.73. The number of likely N-dealkylation sites (tertiary alicyclic amines) is 1. The first kappa shape index (κ1) is 13.0. The van der Waals surface area contributed by atoms with Crippen molar-refractivity contribution in [2.75, 3.05) is 13.1 Å². The first-order valence-electron chi connectivity index (χ1n) is 5.83. The minimum Gasteiger partial charge on any atom is -0.354 e. The second-order valence-electron chi connectivity index (χ2n) is 4.41. The van der Waals surface area contributed by atoms with Crippen molar-refractivity contribution in [3.05, 3.63) is 0 Å². The molecule has 2 atom stereocenters. The maximum absolute atomic E-state index is 11.8. The fourth-order valence-corrected chi connectivity index (χ4v) is 2.03. The van der Waals surface area contributed by atoms with E-state index in [1.165, 1.54) is 6.92 Å². The average Bonchev–Trinajstić information content (AvgIpc) is 2.25. The molecule has 5 nitrogen and oxygen atoms in total. The molecule has 1 rings (SSSR count). The molecule has 16 heavy (non-hydrogen) atoms. The summed E-state index contributed by atoms with van der Waals surface area (Å²) in [5, 5.41) is 2.77. The molecule has 0 bridgehead atoms. The predicted octanol–water partition coefficient (Wildman–Crippen LogP) is -0.149. The van der Waals surface area contributed by atoms with Gasteiger partial charge in [-0.05, 0) is 26.2 Å². The van der Waals surface area contributed by atoms with E-state index in [9.17, 15) is 9.59 Å². The van der Waals surface area contributed by atoms with E-state index >= 15 is 0 Å². The van der Waals surface area contributed by atoms with Crippen LogP contribution in [0.5, 0.6) is 0 Å². The van der Waals surface area contributed by atoms with Gasteiger partial charge in [0.2, 0.25) is 11.8 Å². The van der Waals surface area contributed by atoms with E-state index in [1.807, 2.05) is 4.90 Å². The van der Waals surface area contributed by atoms with Crippen molar-refractivity contribution in [2.24, 2.45) is 5.73 Å². The van der Waals surface area contributed by atoms with E-state index in [-0.39, 0.29) is 17.9 Å². The van der Waals surface area contributed by atoms with Crippen LogP contribution in [0.4, 0.5) is 0 Å². The number of carbonyl (C=O) groups is 2. The number of amides is 2. The van der Waals surface area contributed by atoms with Gasteiger partial charge in [0.05, 0.1) is 6.04 Å². The lowest BCUT2D eigenvalue weighted by Gasteiger charge is -2.36. The van der Waals surface area contributed by atoms with Gasteiger partial charge in [0.1, 0.15) is 0 Å². The van der Waals surface area contributed by atoms with Gasteiger partial charge in [0.25, 0.3) is 0 Å². The smallest absolute Gasteiger partial charge is 0.239 e. The highest BCUT2D eigenvalue weighted by Gasteiger charge is 2.28. The Hall–Kier alpha value is -1.10. The fraction of sp³-hybridized carbons (Fsp3) is 0.818. The molecular formula is C11H21N3O2. The number of hydrogen-bond acceptors (Lipinski definition) is 3. The van der Waals surface area contributed by atoms with Crippen LogP contribution in [0.2, 0.25) is 0 Å². The van der Waals surface area contributed by atoms with Gasteiger partial charge >= 0.3 is 0 Å². The summed E-state index contributed by atoms with van der Waals surface area (Å²) in [6, 6.07) is -0.353. The highest BCUT2D eigenvalue weighted by molar-refractivity contribution is 5.81. The summed E-state index contributed by atoms with van der Waals surface area (Å²) < 4.78 is 0. The molecule has 2 amide bonds. The largest absolute Gasteiger partial charge is 0.354 e. The highest BCUT2D eigenvalue weighted by Crippen LogP contribution is 2.17. The molecule has 0 aromatic rings. The average molecular weight is 227 g/mol. The summed E-state index contributed by atoms with van der Waals surface area (Å²) in [6.07, 6.45) is 3.07. The van der Waals surface area contributed by atoms with Gasteiger partial charge in [0.15, 0.2) is 0 Å². The first-order valence-corrected chi connectivity index (χ1v) is 5.83. The molecule has 0 saturated carbocycles. The molecule has 1 aliphatic heterocycles. The van der Waals surface area contributed by atoms with Crippen molar-refractivity contribution < 1.29 is 9.59 Å². The van der Waals surface area contributed by atoms with Crippen LogP contribution in [0.3, 0.4) is 0 Å². The molecule has 1 heterocycles. The van der Waals surface area contributed by atoms with Gasteiger partial charge in [-0.3, -0.25) is 9.59 Å². The van der Waals surface area contributed by atoms with Crippen LogP contribution in [0, 0.1) is 0 Å². The number of nitrogens with one attached hydrogen (secondary N) is 1. The Morgan fingerprint density at radius 1 is 1.50 bits per heavy atom. The summed E-state index contributed by atoms with van der Waals surface area (Å²) in [6.45, 7) is 4.48. The van der Waals surface area contributed by atoms with Crippen LogP contribution in [-0.2, 0) is 9.59 Å². The lowest BCUT2D eigenvalue weighted by molar-refractivity contribution is -0.136. The highest BCUT2D eigenvalue weighted by atomic mass is 16.2. The molecule has 0 aromatic heterocycles. The molecule has 0 radical (unpaired) electrons. The van der Waals surface area contributed by atoms with Crippen molar-refractivity contribution in [3.8, 4) is 0 Å². The number of rotatable bonds is 3. The van der Waals surface area contributed by atoms with E-state index < -0.39 is 6.04 Å². The Morgan fingerprint density at radius 3 is 2.75 bits per heavy atom. The van der Waals surface area contributed by atoms with E-state index in [0.29, 0.717) is 6.54 Å². The summed E-state index contributed by atoms with van der Waals surface area (Å²) >= 11 is 0. The zero-order chi connectivity index (χ0) is 12.1. The molecule has 0 unspecified atom stereocenters. The van der Waals surface area contributed by atoms with Crippen LogP contribution < -0.4 is 11.1 Å². The summed E-state index contributed by atoms with van der Waals surface area (Å²) in [4.78, 5) is 24.5. The second kappa shape index (κ2) is 5.84. The fourth-order valence-electron chi connectivity index (χ4n) is 2.03. The third-order valence-electron chi connectivity index (χ3n) is 2.89. The minimum atomic E-state index is -0.460. The van der Waals surface area contributed by atoms with Crippen molar-refractivity contribution in [2.45, 2.75) is 45.2 Å². The van der Waals surface area contributed by atoms with Crippen LogP contribution in [0.25, 0.3) is 0 Å². The number of piperidine rings is 1. The maximum Gasteiger partial charge on any atom is 0.239 e. The molecule has 0 aromatic carbocycles. The third kappa shape index (κ3) is 3.48. The Labute approximate surface area is 96.4 Å². The minimum absolute atomic E-state index is 0.0185. The SMILES string of the molecule is CC(=O)NC[C@@H]1CCCCN1C(=O)[C@H](C)N. The quantitative estimate of drug-likeness (QED) is 0.704. The number of carbonyl (C=O) groups excluding carboxylic acids is 2. The Bertz CT molecular complexity index is 266. The molecular weight excluding hydrogens is 206 g/mol. The summed E-state index contributed by atoms with van der Waals surface area (Å²) in [7, 11) is 0. The van der Waals surface area contributed by atoms with E-state index in [1.54, 1.807) is 6.92 Å². The summed E-state index contributed by atoms with van der Waals surface area (Å²) in [5.74, 6) is -0.0752. The monoisotopic (exact) mass is 227 g/mol. The van der Waals surface area contributed by atoms with Crippen LogP contribution in [0.15, 0.2) is 0 Å². The van der Waals surface area contributed by atoms with E-state index in [2.05, 4.69) is 5.32 Å². The molecule has 5 heteroatoms. The molecule has 3 N–H and O–H groups in total. The van der Waals surface area contributed by atoms with Gasteiger partial charge in [0, 0.05) is 26.1 Å². The van der Waals surface area contributed by atoms with E-state index in [4.69, 9.17) is 5.73 Å². The van der Waals surface area contributed by atoms with Crippen LogP contribution >= 0.6 is 0 Å². The summed E-state index contributed by atoms with van der Waals surface area (Å²) in [5.41, 5.74) is 5.61. The normalized spacial score (nSPS) is 22.7. The zero-order valence-electron chi connectivity index (χ0n) is 10.0. The first-order chi connectivity index (χ1) is 7.52. The maximum atomic E-state index is 11.8. The predicted molar refractivity (Wildman–Crippen MR) is 61.7 cm³/mol. The van der Waals surface area contributed by atoms with Crippen LogP contribution in [0.1, 0.15) is 33.1 Å². The number of nitrogens with two attached hydrogens (primary N) is 1. The molecule has 0 spiro atoms. The molecule has 1 aliphatic rings. The molecule has 1 saturated heterocycles. The van der Waals surface area contributed by atoms with Gasteiger partial charge in [-0.15, -0.1) is 0 Å². The topological polar surface area (TPSA) is 75.4 Å². The van der Waals surface area contributed by atoms with Crippen molar-refractivity contribution in [3.63, 3.8) is 0 Å². The molecule has 1 fully saturated rings. The number of hydrogen-bond donors (Lipinski definition) is 2.